The molecule has 0 aromatic rings. The molecule has 0 fully saturated rings. The van der Waals surface area contributed by atoms with E-state index in [0.717, 1.165) is 13.1 Å². The summed E-state index contributed by atoms with van der Waals surface area (Å²) < 4.78 is 0. The van der Waals surface area contributed by atoms with Crippen LogP contribution in [0.4, 0.5) is 0 Å². The molecule has 0 bridgehead atoms. The van der Waals surface area contributed by atoms with Gasteiger partial charge in [-0.1, -0.05) is 13.0 Å². The summed E-state index contributed by atoms with van der Waals surface area (Å²) in [6.45, 7) is 4.36. The fraction of sp³-hybridized carbons (Fsp3) is 0.667. The van der Waals surface area contributed by atoms with Gasteiger partial charge in [0, 0.05) is 10.2 Å². The highest BCUT2D eigenvalue weighted by Gasteiger charge is 1.75. The smallest absolute Gasteiger partial charge is 0.0287 e. The van der Waals surface area contributed by atoms with Crippen molar-refractivity contribution < 1.29 is 0 Å². The minimum Gasteiger partial charge on any atom is -0.317 e. The van der Waals surface area contributed by atoms with Crippen molar-refractivity contribution in [1.29, 1.82) is 0 Å². The van der Waals surface area contributed by atoms with Crippen LogP contribution in [0, 0.1) is 0 Å². The van der Waals surface area contributed by atoms with Crippen molar-refractivity contribution in [2.45, 2.75) is 13.3 Å². The lowest BCUT2D eigenvalue weighted by Gasteiger charge is -1.93. The minimum absolute atomic E-state index is 1.09. The molecular formula is C6H15NSi. The maximum atomic E-state index is 3.25. The van der Waals surface area contributed by atoms with Crippen LogP contribution in [-0.4, -0.2) is 23.3 Å². The van der Waals surface area contributed by atoms with Crippen molar-refractivity contribution in [1.82, 2.24) is 5.32 Å². The first-order chi connectivity index (χ1) is 3.91. The van der Waals surface area contributed by atoms with E-state index >= 15 is 0 Å². The van der Waals surface area contributed by atoms with Gasteiger partial charge in [-0.2, -0.15) is 0 Å². The number of hydrogen-bond donors (Lipinski definition) is 1. The van der Waals surface area contributed by atoms with Crippen LogP contribution in [0.2, 0.25) is 0 Å². The van der Waals surface area contributed by atoms with E-state index in [1.807, 2.05) is 0 Å². The highest BCUT2D eigenvalue weighted by Crippen LogP contribution is 1.75. The topological polar surface area (TPSA) is 12.0 Å². The molecule has 8 heavy (non-hydrogen) atoms. The van der Waals surface area contributed by atoms with Crippen molar-refractivity contribution in [3.05, 3.63) is 11.8 Å². The van der Waals surface area contributed by atoms with Crippen LogP contribution in [-0.2, 0) is 0 Å². The Bertz CT molecular complexity index is 61.5. The normalized spacial score (nSPS) is 11.1. The van der Waals surface area contributed by atoms with Gasteiger partial charge in [-0.25, -0.2) is 0 Å². The van der Waals surface area contributed by atoms with E-state index < -0.39 is 0 Å². The van der Waals surface area contributed by atoms with Gasteiger partial charge in [0.25, 0.3) is 0 Å². The Morgan fingerprint density at radius 2 is 2.38 bits per heavy atom. The second-order valence-corrected chi connectivity index (χ2v) is 2.38. The van der Waals surface area contributed by atoms with Crippen molar-refractivity contribution >= 4 is 10.2 Å². The number of nitrogens with one attached hydrogen (secondary N) is 1. The molecule has 0 atom stereocenters. The van der Waals surface area contributed by atoms with Crippen LogP contribution in [0.25, 0.3) is 0 Å². The Morgan fingerprint density at radius 1 is 1.62 bits per heavy atom. The van der Waals surface area contributed by atoms with Crippen LogP contribution < -0.4 is 5.32 Å². The number of hydrogen-bond acceptors (Lipinski definition) is 1. The van der Waals surface area contributed by atoms with Gasteiger partial charge >= 0.3 is 0 Å². The van der Waals surface area contributed by atoms with Gasteiger partial charge in [-0.3, -0.25) is 0 Å². The molecule has 0 aliphatic heterocycles. The molecule has 0 spiro atoms. The first kappa shape index (κ1) is 7.92. The third kappa shape index (κ3) is 5.92. The van der Waals surface area contributed by atoms with E-state index in [2.05, 4.69) is 24.0 Å². The largest absolute Gasteiger partial charge is 0.317 e. The zero-order valence-electron chi connectivity index (χ0n) is 5.78. The molecule has 0 aliphatic rings. The molecule has 1 N–H and O–H groups in total. The Balaban J connectivity index is 2.72. The monoisotopic (exact) mass is 129 g/mol. The van der Waals surface area contributed by atoms with Crippen LogP contribution in [0.3, 0.4) is 0 Å². The second-order valence-electron chi connectivity index (χ2n) is 1.71. The fourth-order valence-electron chi connectivity index (χ4n) is 0.529. The van der Waals surface area contributed by atoms with Crippen molar-refractivity contribution in [2.75, 3.05) is 13.1 Å². The maximum Gasteiger partial charge on any atom is 0.0287 e. The van der Waals surface area contributed by atoms with E-state index in [1.54, 1.807) is 0 Å². The van der Waals surface area contributed by atoms with Crippen LogP contribution in [0.15, 0.2) is 11.8 Å². The SMILES string of the molecule is CCNCCC=C[SiH3]. The molecular weight excluding hydrogens is 114 g/mol. The van der Waals surface area contributed by atoms with Crippen LogP contribution in [0.1, 0.15) is 13.3 Å². The van der Waals surface area contributed by atoms with E-state index in [9.17, 15) is 0 Å². The third-order valence-corrected chi connectivity index (χ3v) is 1.44. The van der Waals surface area contributed by atoms with Gasteiger partial charge in [0.2, 0.25) is 0 Å². The standard InChI is InChI=1S/C6H15NSi/c1-2-7-5-3-4-6-8/h4,6-7H,2-3,5H2,1,8H3. The Hall–Kier alpha value is -0.0831. The second kappa shape index (κ2) is 6.92. The summed E-state index contributed by atoms with van der Waals surface area (Å²) in [5.41, 5.74) is 2.22. The van der Waals surface area contributed by atoms with Gasteiger partial charge in [0.1, 0.15) is 0 Å². The van der Waals surface area contributed by atoms with Crippen molar-refractivity contribution in [3.63, 3.8) is 0 Å². The maximum absolute atomic E-state index is 3.25. The molecule has 0 aromatic heterocycles. The number of rotatable bonds is 4. The highest BCUT2D eigenvalue weighted by molar-refractivity contribution is 6.16. The average molecular weight is 129 g/mol. The molecule has 0 aliphatic carbocycles. The predicted molar refractivity (Wildman–Crippen MR) is 42.2 cm³/mol. The van der Waals surface area contributed by atoms with E-state index in [-0.39, 0.29) is 0 Å². The van der Waals surface area contributed by atoms with Gasteiger partial charge in [0.05, 0.1) is 0 Å². The van der Waals surface area contributed by atoms with Gasteiger partial charge in [-0.15, -0.1) is 5.70 Å². The molecule has 1 nitrogen and oxygen atoms in total. The predicted octanol–water partition coefficient (Wildman–Crippen LogP) is -0.135. The summed E-state index contributed by atoms with van der Waals surface area (Å²) in [6.07, 6.45) is 3.42. The minimum atomic E-state index is 1.09. The molecule has 0 radical (unpaired) electrons. The molecule has 0 saturated carbocycles. The van der Waals surface area contributed by atoms with E-state index in [1.165, 1.54) is 16.7 Å². The fourth-order valence-corrected chi connectivity index (χ4v) is 0.862. The van der Waals surface area contributed by atoms with Gasteiger partial charge < -0.3 is 5.32 Å². The Kier molecular flexibility index (Phi) is 6.85. The van der Waals surface area contributed by atoms with E-state index in [0.29, 0.717) is 0 Å². The summed E-state index contributed by atoms with van der Waals surface area (Å²) in [6, 6.07) is 0. The lowest BCUT2D eigenvalue weighted by Crippen LogP contribution is -2.12. The molecule has 48 valence electrons. The molecule has 0 heterocycles. The molecule has 0 rings (SSSR count). The lowest BCUT2D eigenvalue weighted by atomic mass is 10.4. The summed E-state index contributed by atoms with van der Waals surface area (Å²) in [5, 5.41) is 3.25. The lowest BCUT2D eigenvalue weighted by molar-refractivity contribution is 0.727. The average Bonchev–Trinajstić information content (AvgIpc) is 1.81. The Labute approximate surface area is 54.6 Å². The van der Waals surface area contributed by atoms with E-state index in [4.69, 9.17) is 0 Å². The van der Waals surface area contributed by atoms with Gasteiger partial charge in [-0.05, 0) is 19.5 Å². The molecule has 0 amide bonds. The zero-order chi connectivity index (χ0) is 6.24. The molecule has 0 unspecified atom stereocenters. The first-order valence-electron chi connectivity index (χ1n) is 3.23. The third-order valence-electron chi connectivity index (χ3n) is 0.973. The summed E-state index contributed by atoms with van der Waals surface area (Å²) in [5.74, 6) is 0. The summed E-state index contributed by atoms with van der Waals surface area (Å²) in [4.78, 5) is 0. The quantitative estimate of drug-likeness (QED) is 0.412. The zero-order valence-corrected chi connectivity index (χ0v) is 7.78. The van der Waals surface area contributed by atoms with Crippen LogP contribution in [0.5, 0.6) is 0 Å². The van der Waals surface area contributed by atoms with Crippen molar-refractivity contribution in [2.24, 2.45) is 0 Å². The molecule has 0 aromatic carbocycles. The van der Waals surface area contributed by atoms with Crippen molar-refractivity contribution in [3.8, 4) is 0 Å². The summed E-state index contributed by atoms with van der Waals surface area (Å²) >= 11 is 0. The van der Waals surface area contributed by atoms with Crippen LogP contribution >= 0.6 is 0 Å². The first-order valence-corrected chi connectivity index (χ1v) is 4.39. The molecule has 2 heteroatoms. The summed E-state index contributed by atoms with van der Waals surface area (Å²) in [7, 11) is 1.20. The van der Waals surface area contributed by atoms with Gasteiger partial charge in [0.15, 0.2) is 0 Å². The Morgan fingerprint density at radius 3 is 2.88 bits per heavy atom. The highest BCUT2D eigenvalue weighted by atomic mass is 28.1. The molecule has 0 saturated heterocycles.